The first kappa shape index (κ1) is 16.5. The number of hydrogen-bond donors (Lipinski definition) is 1. The van der Waals surface area contributed by atoms with Crippen LogP contribution in [0.5, 0.6) is 0 Å². The van der Waals surface area contributed by atoms with Gasteiger partial charge in [-0.2, -0.15) is 0 Å². The normalized spacial score (nSPS) is 24.3. The summed E-state index contributed by atoms with van der Waals surface area (Å²) in [5, 5.41) is 3.74. The predicted molar refractivity (Wildman–Crippen MR) is 91.7 cm³/mol. The molecule has 1 aliphatic heterocycles. The first-order chi connectivity index (χ1) is 9.94. The van der Waals surface area contributed by atoms with E-state index in [2.05, 4.69) is 63.0 Å². The zero-order valence-corrected chi connectivity index (χ0v) is 14.4. The molecular weight excluding hydrogens is 256 g/mol. The number of aryl methyl sites for hydroxylation is 2. The van der Waals surface area contributed by atoms with E-state index in [4.69, 9.17) is 0 Å². The molecule has 1 fully saturated rings. The van der Waals surface area contributed by atoms with Crippen LogP contribution in [-0.4, -0.2) is 30.1 Å². The van der Waals surface area contributed by atoms with Crippen molar-refractivity contribution in [2.75, 3.05) is 13.1 Å². The summed E-state index contributed by atoms with van der Waals surface area (Å²) in [6, 6.07) is 8.25. The van der Waals surface area contributed by atoms with Crippen molar-refractivity contribution in [2.45, 2.75) is 66.1 Å². The molecule has 1 aliphatic rings. The number of benzene rings is 1. The van der Waals surface area contributed by atoms with Crippen LogP contribution in [0.25, 0.3) is 0 Å². The topological polar surface area (TPSA) is 15.3 Å². The second-order valence-electron chi connectivity index (χ2n) is 7.34. The van der Waals surface area contributed by atoms with Gasteiger partial charge in [0.05, 0.1) is 0 Å². The van der Waals surface area contributed by atoms with Gasteiger partial charge in [0.25, 0.3) is 0 Å². The van der Waals surface area contributed by atoms with Crippen LogP contribution in [0.2, 0.25) is 0 Å². The molecule has 2 rings (SSSR count). The van der Waals surface area contributed by atoms with Crippen LogP contribution in [0.1, 0.15) is 50.3 Å². The number of nitrogens with zero attached hydrogens (tertiary/aromatic N) is 1. The van der Waals surface area contributed by atoms with Gasteiger partial charge in [-0.3, -0.25) is 4.90 Å². The molecule has 0 spiro atoms. The second kappa shape index (κ2) is 7.42. The Balaban J connectivity index is 2.07. The summed E-state index contributed by atoms with van der Waals surface area (Å²) in [4.78, 5) is 2.67. The fourth-order valence-corrected chi connectivity index (χ4v) is 3.55. The van der Waals surface area contributed by atoms with Crippen LogP contribution in [0.15, 0.2) is 18.2 Å². The Morgan fingerprint density at radius 2 is 1.86 bits per heavy atom. The van der Waals surface area contributed by atoms with Crippen molar-refractivity contribution < 1.29 is 0 Å². The lowest BCUT2D eigenvalue weighted by Gasteiger charge is -2.30. The molecule has 0 radical (unpaired) electrons. The van der Waals surface area contributed by atoms with E-state index in [1.165, 1.54) is 36.1 Å². The van der Waals surface area contributed by atoms with Crippen molar-refractivity contribution in [1.82, 2.24) is 10.2 Å². The molecule has 0 amide bonds. The summed E-state index contributed by atoms with van der Waals surface area (Å²) in [7, 11) is 0. The summed E-state index contributed by atoms with van der Waals surface area (Å²) < 4.78 is 0. The minimum atomic E-state index is 0.640. The molecule has 2 nitrogen and oxygen atoms in total. The summed E-state index contributed by atoms with van der Waals surface area (Å²) in [5.74, 6) is 0.763. The number of hydrogen-bond acceptors (Lipinski definition) is 2. The molecule has 0 aromatic heterocycles. The third-order valence-corrected chi connectivity index (χ3v) is 4.50. The van der Waals surface area contributed by atoms with Gasteiger partial charge in [-0.05, 0) is 51.6 Å². The quantitative estimate of drug-likeness (QED) is 0.904. The van der Waals surface area contributed by atoms with Crippen molar-refractivity contribution in [3.63, 3.8) is 0 Å². The Bertz CT molecular complexity index is 433. The minimum Gasteiger partial charge on any atom is -0.313 e. The molecule has 21 heavy (non-hydrogen) atoms. The molecule has 0 bridgehead atoms. The first-order valence-corrected chi connectivity index (χ1v) is 8.48. The van der Waals surface area contributed by atoms with Gasteiger partial charge in [0.2, 0.25) is 0 Å². The third kappa shape index (κ3) is 5.12. The van der Waals surface area contributed by atoms with E-state index in [0.29, 0.717) is 12.1 Å². The van der Waals surface area contributed by atoms with E-state index in [-0.39, 0.29) is 0 Å². The average Bonchev–Trinajstić information content (AvgIpc) is 2.50. The standard InChI is InChI=1S/C19H32N2/c1-14(2)8-19-13-21(17(5)6-7-20-19)12-18-10-15(3)9-16(4)11-18/h9-11,14,17,19-20H,6-8,12-13H2,1-5H3. The molecule has 1 N–H and O–H groups in total. The zero-order valence-electron chi connectivity index (χ0n) is 14.4. The molecule has 2 unspecified atom stereocenters. The molecule has 1 aromatic carbocycles. The highest BCUT2D eigenvalue weighted by molar-refractivity contribution is 5.28. The summed E-state index contributed by atoms with van der Waals surface area (Å²) in [6.07, 6.45) is 2.52. The molecule has 2 heteroatoms. The number of rotatable bonds is 4. The average molecular weight is 288 g/mol. The van der Waals surface area contributed by atoms with Gasteiger partial charge in [0.15, 0.2) is 0 Å². The molecule has 1 aromatic rings. The van der Waals surface area contributed by atoms with E-state index in [1.807, 2.05) is 0 Å². The molecule has 2 atom stereocenters. The minimum absolute atomic E-state index is 0.640. The van der Waals surface area contributed by atoms with Gasteiger partial charge < -0.3 is 5.32 Å². The second-order valence-corrected chi connectivity index (χ2v) is 7.34. The van der Waals surface area contributed by atoms with Crippen molar-refractivity contribution in [1.29, 1.82) is 0 Å². The highest BCUT2D eigenvalue weighted by Crippen LogP contribution is 2.18. The van der Waals surface area contributed by atoms with Crippen LogP contribution < -0.4 is 5.32 Å². The Morgan fingerprint density at radius 1 is 1.19 bits per heavy atom. The maximum Gasteiger partial charge on any atom is 0.0237 e. The van der Waals surface area contributed by atoms with Crippen LogP contribution in [0, 0.1) is 19.8 Å². The first-order valence-electron chi connectivity index (χ1n) is 8.48. The van der Waals surface area contributed by atoms with Crippen molar-refractivity contribution in [2.24, 2.45) is 5.92 Å². The SMILES string of the molecule is Cc1cc(C)cc(CN2CC(CC(C)C)NCCC2C)c1. The van der Waals surface area contributed by atoms with Crippen molar-refractivity contribution >= 4 is 0 Å². The van der Waals surface area contributed by atoms with E-state index < -0.39 is 0 Å². The highest BCUT2D eigenvalue weighted by Gasteiger charge is 2.23. The van der Waals surface area contributed by atoms with Crippen LogP contribution >= 0.6 is 0 Å². The van der Waals surface area contributed by atoms with E-state index >= 15 is 0 Å². The lowest BCUT2D eigenvalue weighted by Crippen LogP contribution is -2.40. The van der Waals surface area contributed by atoms with Crippen LogP contribution in [0.4, 0.5) is 0 Å². The monoisotopic (exact) mass is 288 g/mol. The zero-order chi connectivity index (χ0) is 15.4. The van der Waals surface area contributed by atoms with Gasteiger partial charge in [-0.25, -0.2) is 0 Å². The largest absolute Gasteiger partial charge is 0.313 e. The van der Waals surface area contributed by atoms with Crippen molar-refractivity contribution in [3.8, 4) is 0 Å². The van der Waals surface area contributed by atoms with Crippen LogP contribution in [0.3, 0.4) is 0 Å². The smallest absolute Gasteiger partial charge is 0.0237 e. The Hall–Kier alpha value is -0.860. The summed E-state index contributed by atoms with van der Waals surface area (Å²) >= 11 is 0. The van der Waals surface area contributed by atoms with Crippen LogP contribution in [-0.2, 0) is 6.54 Å². The predicted octanol–water partition coefficient (Wildman–Crippen LogP) is 3.90. The maximum absolute atomic E-state index is 3.74. The van der Waals surface area contributed by atoms with Gasteiger partial charge >= 0.3 is 0 Å². The fraction of sp³-hybridized carbons (Fsp3) is 0.684. The van der Waals surface area contributed by atoms with E-state index in [9.17, 15) is 0 Å². The van der Waals surface area contributed by atoms with Crippen molar-refractivity contribution in [3.05, 3.63) is 34.9 Å². The molecular formula is C19H32N2. The number of nitrogens with one attached hydrogen (secondary N) is 1. The maximum atomic E-state index is 3.74. The third-order valence-electron chi connectivity index (χ3n) is 4.50. The van der Waals surface area contributed by atoms with Gasteiger partial charge in [-0.1, -0.05) is 43.2 Å². The summed E-state index contributed by atoms with van der Waals surface area (Å²) in [6.45, 7) is 14.8. The van der Waals surface area contributed by atoms with Gasteiger partial charge in [0.1, 0.15) is 0 Å². The Kier molecular flexibility index (Phi) is 5.83. The molecule has 0 saturated carbocycles. The Labute approximate surface area is 130 Å². The van der Waals surface area contributed by atoms with E-state index in [1.54, 1.807) is 0 Å². The summed E-state index contributed by atoms with van der Waals surface area (Å²) in [5.41, 5.74) is 4.22. The molecule has 1 heterocycles. The lowest BCUT2D eigenvalue weighted by molar-refractivity contribution is 0.189. The molecule has 0 aliphatic carbocycles. The Morgan fingerprint density at radius 3 is 2.48 bits per heavy atom. The molecule has 1 saturated heterocycles. The van der Waals surface area contributed by atoms with Gasteiger partial charge in [0, 0.05) is 25.2 Å². The van der Waals surface area contributed by atoms with E-state index in [0.717, 1.165) is 19.0 Å². The lowest BCUT2D eigenvalue weighted by atomic mass is 10.0. The highest BCUT2D eigenvalue weighted by atomic mass is 15.2. The molecule has 118 valence electrons. The van der Waals surface area contributed by atoms with Gasteiger partial charge in [-0.15, -0.1) is 0 Å². The fourth-order valence-electron chi connectivity index (χ4n) is 3.55.